The van der Waals surface area contributed by atoms with Crippen LogP contribution in [0.25, 0.3) is 0 Å². The first kappa shape index (κ1) is 9.64. The number of nitrogens with two attached hydrogens (primary N) is 1. The topological polar surface area (TPSA) is 76.3 Å². The summed E-state index contributed by atoms with van der Waals surface area (Å²) in [4.78, 5) is 27.2. The van der Waals surface area contributed by atoms with Gasteiger partial charge in [0.25, 0.3) is 5.91 Å². The number of anilines is 1. The predicted molar refractivity (Wildman–Crippen MR) is 54.3 cm³/mol. The summed E-state index contributed by atoms with van der Waals surface area (Å²) in [7, 11) is 0. The fraction of sp³-hybridized carbons (Fsp3) is 0.300. The number of amides is 2. The van der Waals surface area contributed by atoms with Crippen molar-refractivity contribution in [2.45, 2.75) is 18.9 Å². The molecule has 15 heavy (non-hydrogen) atoms. The second-order valence-corrected chi connectivity index (χ2v) is 3.51. The van der Waals surface area contributed by atoms with Crippen LogP contribution in [0.2, 0.25) is 0 Å². The zero-order valence-electron chi connectivity index (χ0n) is 8.09. The number of hydrogen-bond acceptors (Lipinski definition) is 3. The molecule has 0 bridgehead atoms. The number of nitrogens with zero attached hydrogens (tertiary/aromatic N) is 2. The number of carbonyl (C=O) groups is 2. The van der Waals surface area contributed by atoms with Crippen molar-refractivity contribution in [1.29, 1.82) is 0 Å². The zero-order valence-corrected chi connectivity index (χ0v) is 8.09. The highest BCUT2D eigenvalue weighted by atomic mass is 16.1. The van der Waals surface area contributed by atoms with E-state index in [9.17, 15) is 9.59 Å². The van der Waals surface area contributed by atoms with Crippen LogP contribution in [0.3, 0.4) is 0 Å². The monoisotopic (exact) mass is 205 g/mol. The van der Waals surface area contributed by atoms with Gasteiger partial charge in [0, 0.05) is 17.9 Å². The maximum absolute atomic E-state index is 10.9. The van der Waals surface area contributed by atoms with E-state index in [2.05, 4.69) is 4.98 Å². The molecule has 1 aliphatic carbocycles. The average molecular weight is 205 g/mol. The summed E-state index contributed by atoms with van der Waals surface area (Å²) < 4.78 is 0. The minimum Gasteiger partial charge on any atom is -0.364 e. The first-order valence-corrected chi connectivity index (χ1v) is 4.72. The molecule has 1 heterocycles. The van der Waals surface area contributed by atoms with E-state index in [1.807, 2.05) is 0 Å². The van der Waals surface area contributed by atoms with Crippen LogP contribution >= 0.6 is 0 Å². The van der Waals surface area contributed by atoms with Crippen LogP contribution in [0.4, 0.5) is 5.69 Å². The summed E-state index contributed by atoms with van der Waals surface area (Å²) in [6, 6.07) is 3.50. The Kier molecular flexibility index (Phi) is 2.37. The standard InChI is InChI=1S/C10H11N3O2/c11-10(15)9-5-8(3-4-12-9)13(6-14)7-1-2-7/h3-7H,1-2H2,(H2,11,15). The third-order valence-electron chi connectivity index (χ3n) is 2.35. The van der Waals surface area contributed by atoms with Crippen LogP contribution < -0.4 is 10.6 Å². The van der Waals surface area contributed by atoms with Crippen LogP contribution in [-0.2, 0) is 4.79 Å². The molecule has 1 aromatic rings. The van der Waals surface area contributed by atoms with Crippen molar-refractivity contribution in [3.63, 3.8) is 0 Å². The molecule has 1 fully saturated rings. The number of hydrogen-bond donors (Lipinski definition) is 1. The van der Waals surface area contributed by atoms with Crippen LogP contribution in [-0.4, -0.2) is 23.3 Å². The number of primary amides is 1. The fourth-order valence-corrected chi connectivity index (χ4v) is 1.43. The van der Waals surface area contributed by atoms with Gasteiger partial charge in [-0.1, -0.05) is 0 Å². The maximum Gasteiger partial charge on any atom is 0.267 e. The second kappa shape index (κ2) is 3.68. The molecule has 1 aliphatic rings. The van der Waals surface area contributed by atoms with E-state index in [1.165, 1.54) is 12.3 Å². The molecule has 0 aliphatic heterocycles. The van der Waals surface area contributed by atoms with Crippen molar-refractivity contribution in [3.8, 4) is 0 Å². The second-order valence-electron chi connectivity index (χ2n) is 3.51. The molecule has 0 aromatic carbocycles. The smallest absolute Gasteiger partial charge is 0.267 e. The lowest BCUT2D eigenvalue weighted by Crippen LogP contribution is -2.24. The maximum atomic E-state index is 10.9. The van der Waals surface area contributed by atoms with Gasteiger partial charge in [-0.2, -0.15) is 0 Å². The van der Waals surface area contributed by atoms with E-state index in [4.69, 9.17) is 5.73 Å². The lowest BCUT2D eigenvalue weighted by Gasteiger charge is -2.16. The Bertz CT molecular complexity index is 401. The minimum absolute atomic E-state index is 0.181. The third-order valence-corrected chi connectivity index (χ3v) is 2.35. The minimum atomic E-state index is -0.585. The summed E-state index contributed by atoms with van der Waals surface area (Å²) in [5, 5.41) is 0. The Balaban J connectivity index is 2.29. The van der Waals surface area contributed by atoms with Gasteiger partial charge in [-0.3, -0.25) is 14.6 Å². The first-order valence-electron chi connectivity index (χ1n) is 4.72. The Labute approximate surface area is 86.9 Å². The largest absolute Gasteiger partial charge is 0.364 e. The third kappa shape index (κ3) is 1.96. The highest BCUT2D eigenvalue weighted by molar-refractivity contribution is 5.92. The summed E-state index contributed by atoms with van der Waals surface area (Å²) >= 11 is 0. The molecule has 0 spiro atoms. The van der Waals surface area contributed by atoms with Crippen LogP contribution in [0.5, 0.6) is 0 Å². The molecule has 78 valence electrons. The highest BCUT2D eigenvalue weighted by Gasteiger charge is 2.29. The Morgan fingerprint density at radius 1 is 1.60 bits per heavy atom. The van der Waals surface area contributed by atoms with E-state index in [0.29, 0.717) is 5.69 Å². The van der Waals surface area contributed by atoms with Gasteiger partial charge >= 0.3 is 0 Å². The van der Waals surface area contributed by atoms with E-state index >= 15 is 0 Å². The zero-order chi connectivity index (χ0) is 10.8. The Hall–Kier alpha value is -1.91. The van der Waals surface area contributed by atoms with E-state index in [-0.39, 0.29) is 11.7 Å². The van der Waals surface area contributed by atoms with Crippen molar-refractivity contribution in [2.24, 2.45) is 5.73 Å². The lowest BCUT2D eigenvalue weighted by molar-refractivity contribution is -0.107. The molecule has 0 unspecified atom stereocenters. The van der Waals surface area contributed by atoms with Crippen molar-refractivity contribution in [1.82, 2.24) is 4.98 Å². The van der Waals surface area contributed by atoms with Crippen LogP contribution in [0.15, 0.2) is 18.3 Å². The predicted octanol–water partition coefficient (Wildman–Crippen LogP) is 0.306. The molecular formula is C10H11N3O2. The van der Waals surface area contributed by atoms with E-state index in [0.717, 1.165) is 19.3 Å². The van der Waals surface area contributed by atoms with Gasteiger partial charge in [-0.05, 0) is 25.0 Å². The molecule has 5 nitrogen and oxygen atoms in total. The molecular weight excluding hydrogens is 194 g/mol. The molecule has 1 saturated carbocycles. The van der Waals surface area contributed by atoms with E-state index in [1.54, 1.807) is 11.0 Å². The molecule has 2 rings (SSSR count). The summed E-state index contributed by atoms with van der Waals surface area (Å²) in [6.07, 6.45) is 4.27. The first-order chi connectivity index (χ1) is 7.22. The summed E-state index contributed by atoms with van der Waals surface area (Å²) in [5.41, 5.74) is 5.97. The quantitative estimate of drug-likeness (QED) is 0.718. The van der Waals surface area contributed by atoms with Gasteiger partial charge in [0.05, 0.1) is 0 Å². The fourth-order valence-electron chi connectivity index (χ4n) is 1.43. The number of carbonyl (C=O) groups excluding carboxylic acids is 2. The summed E-state index contributed by atoms with van der Waals surface area (Å²) in [5.74, 6) is -0.585. The van der Waals surface area contributed by atoms with E-state index < -0.39 is 5.91 Å². The molecule has 2 amide bonds. The Morgan fingerprint density at radius 2 is 2.33 bits per heavy atom. The normalized spacial score (nSPS) is 14.7. The highest BCUT2D eigenvalue weighted by Crippen LogP contribution is 2.30. The number of pyridine rings is 1. The Morgan fingerprint density at radius 3 is 2.87 bits per heavy atom. The van der Waals surface area contributed by atoms with Crippen molar-refractivity contribution >= 4 is 18.0 Å². The SMILES string of the molecule is NC(=O)c1cc(N(C=O)C2CC2)ccn1. The molecule has 2 N–H and O–H groups in total. The molecule has 1 aromatic heterocycles. The molecule has 5 heteroatoms. The van der Waals surface area contributed by atoms with Gasteiger partial charge in [0.1, 0.15) is 5.69 Å². The van der Waals surface area contributed by atoms with Crippen LogP contribution in [0, 0.1) is 0 Å². The van der Waals surface area contributed by atoms with Crippen molar-refractivity contribution in [3.05, 3.63) is 24.0 Å². The molecule has 0 radical (unpaired) electrons. The van der Waals surface area contributed by atoms with Gasteiger partial charge in [-0.15, -0.1) is 0 Å². The number of rotatable bonds is 4. The van der Waals surface area contributed by atoms with Gasteiger partial charge in [-0.25, -0.2) is 0 Å². The molecule has 0 atom stereocenters. The van der Waals surface area contributed by atoms with Gasteiger partial charge in [0.2, 0.25) is 6.41 Å². The lowest BCUT2D eigenvalue weighted by atomic mass is 10.3. The van der Waals surface area contributed by atoms with Crippen molar-refractivity contribution in [2.75, 3.05) is 4.90 Å². The molecule has 0 saturated heterocycles. The average Bonchev–Trinajstić information content (AvgIpc) is 3.04. The number of aromatic nitrogens is 1. The van der Waals surface area contributed by atoms with Gasteiger partial charge < -0.3 is 10.6 Å². The van der Waals surface area contributed by atoms with Crippen LogP contribution in [0.1, 0.15) is 23.3 Å². The van der Waals surface area contributed by atoms with Crippen molar-refractivity contribution < 1.29 is 9.59 Å². The summed E-state index contributed by atoms with van der Waals surface area (Å²) in [6.45, 7) is 0. The van der Waals surface area contributed by atoms with Gasteiger partial charge in [0.15, 0.2) is 0 Å².